The molecular formula is C63H111NO8P+. The zero-order valence-corrected chi connectivity index (χ0v) is 48.5. The van der Waals surface area contributed by atoms with Crippen LogP contribution in [-0.2, 0) is 32.7 Å². The molecule has 10 heteroatoms. The van der Waals surface area contributed by atoms with Crippen molar-refractivity contribution in [3.8, 4) is 0 Å². The van der Waals surface area contributed by atoms with E-state index in [1.807, 2.05) is 21.1 Å². The van der Waals surface area contributed by atoms with Gasteiger partial charge in [-0.2, -0.15) is 0 Å². The zero-order chi connectivity index (χ0) is 53.5. The lowest BCUT2D eigenvalue weighted by molar-refractivity contribution is -0.870. The van der Waals surface area contributed by atoms with E-state index >= 15 is 0 Å². The van der Waals surface area contributed by atoms with Crippen LogP contribution in [0.15, 0.2) is 97.2 Å². The molecule has 0 saturated carbocycles. The van der Waals surface area contributed by atoms with Crippen molar-refractivity contribution in [2.24, 2.45) is 0 Å². The molecule has 0 heterocycles. The number of ether oxygens (including phenoxy) is 2. The molecule has 9 nitrogen and oxygen atoms in total. The SMILES string of the molecule is CC/C=C\C/C=C\C/C=C\C/C=C\C/C=C\C/C=C\C/C=C\C/C=C\CCCCCCC(=O)OC(COC(=O)CCCCCCCCCCCCCCCCCCCCCC)COP(=O)(O)OCC[N+](C)(C)C. The third-order valence-corrected chi connectivity index (χ3v) is 13.4. The van der Waals surface area contributed by atoms with Crippen LogP contribution in [0.25, 0.3) is 0 Å². The quantitative estimate of drug-likeness (QED) is 0.0211. The van der Waals surface area contributed by atoms with Gasteiger partial charge in [0.15, 0.2) is 6.10 Å². The molecule has 0 aliphatic carbocycles. The molecule has 0 fully saturated rings. The summed E-state index contributed by atoms with van der Waals surface area (Å²) in [6.45, 7) is 4.30. The Balaban J connectivity index is 4.25. The monoisotopic (exact) mass is 1040 g/mol. The standard InChI is InChI=1S/C63H110NO8P/c1-6-8-10-12-14-16-18-20-22-24-26-28-29-30-31-32-33-34-35-36-38-40-42-44-46-48-50-52-54-56-63(66)72-61(60-71-73(67,68)70-58-57-64(3,4)5)59-69-62(65)55-53-51-49-47-45-43-41-39-37-27-25-23-21-19-17-15-13-11-9-7-2/h8,10,14,16,20,22,26,28,30-31,33-34,36,38,42,44,61H,6-7,9,11-13,15,17-19,21,23-25,27,29,32,35,37,39-41,43,45-60H2,1-5H3/p+1/b10-8-,16-14-,22-20-,28-26-,31-30-,34-33-,38-36-,44-42-. The summed E-state index contributed by atoms with van der Waals surface area (Å²) in [5.74, 6) is -0.825. The van der Waals surface area contributed by atoms with E-state index in [2.05, 4.69) is 111 Å². The van der Waals surface area contributed by atoms with E-state index in [0.717, 1.165) is 96.3 Å². The minimum absolute atomic E-state index is 0.0226. The number of quaternary nitrogens is 1. The first-order valence-electron chi connectivity index (χ1n) is 29.5. The van der Waals surface area contributed by atoms with Gasteiger partial charge in [0, 0.05) is 12.8 Å². The molecular weight excluding hydrogens is 930 g/mol. The van der Waals surface area contributed by atoms with Crippen molar-refractivity contribution < 1.29 is 42.1 Å². The third-order valence-electron chi connectivity index (χ3n) is 12.4. The summed E-state index contributed by atoms with van der Waals surface area (Å²) in [5.41, 5.74) is 0. The number of hydrogen-bond donors (Lipinski definition) is 1. The molecule has 73 heavy (non-hydrogen) atoms. The number of esters is 2. The van der Waals surface area contributed by atoms with E-state index < -0.39 is 26.5 Å². The van der Waals surface area contributed by atoms with Gasteiger partial charge in [-0.15, -0.1) is 0 Å². The normalized spacial score (nSPS) is 14.0. The summed E-state index contributed by atoms with van der Waals surface area (Å²) in [4.78, 5) is 35.7. The number of phosphoric acid groups is 1. The molecule has 1 N–H and O–H groups in total. The maximum atomic E-state index is 12.8. The van der Waals surface area contributed by atoms with E-state index in [0.29, 0.717) is 17.4 Å². The smallest absolute Gasteiger partial charge is 0.462 e. The molecule has 2 atom stereocenters. The van der Waals surface area contributed by atoms with E-state index in [-0.39, 0.29) is 32.0 Å². The number of rotatable bonds is 53. The van der Waals surface area contributed by atoms with Gasteiger partial charge in [-0.25, -0.2) is 4.57 Å². The minimum atomic E-state index is -4.40. The van der Waals surface area contributed by atoms with Gasteiger partial charge in [0.25, 0.3) is 0 Å². The number of phosphoric ester groups is 1. The van der Waals surface area contributed by atoms with E-state index in [1.54, 1.807) is 0 Å². The first-order valence-corrected chi connectivity index (χ1v) is 31.0. The Morgan fingerprint density at radius 1 is 0.438 bits per heavy atom. The largest absolute Gasteiger partial charge is 0.472 e. The third kappa shape index (κ3) is 58.1. The van der Waals surface area contributed by atoms with E-state index in [4.69, 9.17) is 18.5 Å². The summed E-state index contributed by atoms with van der Waals surface area (Å²) in [5, 5.41) is 0. The van der Waals surface area contributed by atoms with Gasteiger partial charge in [0.05, 0.1) is 27.7 Å². The number of hydrogen-bond acceptors (Lipinski definition) is 7. The van der Waals surface area contributed by atoms with E-state index in [9.17, 15) is 19.0 Å². The first kappa shape index (κ1) is 69.9. The van der Waals surface area contributed by atoms with Crippen molar-refractivity contribution in [3.05, 3.63) is 97.2 Å². The van der Waals surface area contributed by atoms with Crippen molar-refractivity contribution >= 4 is 19.8 Å². The molecule has 0 aliphatic heterocycles. The molecule has 0 rings (SSSR count). The Labute approximate surface area is 449 Å². The van der Waals surface area contributed by atoms with Crippen molar-refractivity contribution in [2.45, 2.75) is 245 Å². The van der Waals surface area contributed by atoms with Crippen LogP contribution in [0.5, 0.6) is 0 Å². The Morgan fingerprint density at radius 3 is 1.16 bits per heavy atom. The second kappa shape index (κ2) is 53.7. The number of unbranched alkanes of at least 4 members (excludes halogenated alkanes) is 23. The van der Waals surface area contributed by atoms with Gasteiger partial charge >= 0.3 is 19.8 Å². The molecule has 0 spiro atoms. The number of carbonyl (C=O) groups is 2. The highest BCUT2D eigenvalue weighted by Crippen LogP contribution is 2.43. The molecule has 0 aromatic carbocycles. The lowest BCUT2D eigenvalue weighted by Crippen LogP contribution is -2.37. The minimum Gasteiger partial charge on any atom is -0.462 e. The van der Waals surface area contributed by atoms with Crippen LogP contribution in [-0.4, -0.2) is 74.9 Å². The van der Waals surface area contributed by atoms with Crippen LogP contribution in [0.1, 0.15) is 239 Å². The van der Waals surface area contributed by atoms with Crippen LogP contribution < -0.4 is 0 Å². The van der Waals surface area contributed by atoms with Gasteiger partial charge < -0.3 is 18.9 Å². The van der Waals surface area contributed by atoms with Gasteiger partial charge in [-0.3, -0.25) is 18.6 Å². The van der Waals surface area contributed by atoms with Crippen LogP contribution >= 0.6 is 7.82 Å². The number of carbonyl (C=O) groups excluding carboxylic acids is 2. The second-order valence-electron chi connectivity index (χ2n) is 20.7. The summed E-state index contributed by atoms with van der Waals surface area (Å²) in [6, 6.07) is 0. The van der Waals surface area contributed by atoms with Crippen molar-refractivity contribution in [1.29, 1.82) is 0 Å². The lowest BCUT2D eigenvalue weighted by atomic mass is 10.0. The average molecular weight is 1040 g/mol. The maximum Gasteiger partial charge on any atom is 0.472 e. The van der Waals surface area contributed by atoms with Crippen molar-refractivity contribution in [3.63, 3.8) is 0 Å². The molecule has 2 unspecified atom stereocenters. The van der Waals surface area contributed by atoms with Gasteiger partial charge in [-0.1, -0.05) is 246 Å². The first-order chi connectivity index (χ1) is 35.5. The Morgan fingerprint density at radius 2 is 0.781 bits per heavy atom. The molecule has 0 aromatic rings. The van der Waals surface area contributed by atoms with Crippen LogP contribution in [0, 0.1) is 0 Å². The average Bonchev–Trinajstić information content (AvgIpc) is 3.35. The highest BCUT2D eigenvalue weighted by Gasteiger charge is 2.27. The molecule has 0 aromatic heterocycles. The maximum absolute atomic E-state index is 12.8. The van der Waals surface area contributed by atoms with Crippen molar-refractivity contribution in [1.82, 2.24) is 0 Å². The fourth-order valence-corrected chi connectivity index (χ4v) is 8.60. The molecule has 0 amide bonds. The predicted molar refractivity (Wildman–Crippen MR) is 312 cm³/mol. The van der Waals surface area contributed by atoms with Gasteiger partial charge in [0.2, 0.25) is 0 Å². The molecule has 0 saturated heterocycles. The highest BCUT2D eigenvalue weighted by atomic mass is 31.2. The Bertz CT molecular complexity index is 1550. The topological polar surface area (TPSA) is 108 Å². The lowest BCUT2D eigenvalue weighted by Gasteiger charge is -2.24. The predicted octanol–water partition coefficient (Wildman–Crippen LogP) is 18.4. The fourth-order valence-electron chi connectivity index (χ4n) is 7.85. The Hall–Kier alpha value is -3.07. The van der Waals surface area contributed by atoms with E-state index in [1.165, 1.54) is 109 Å². The zero-order valence-electron chi connectivity index (χ0n) is 47.6. The van der Waals surface area contributed by atoms with Crippen LogP contribution in [0.2, 0.25) is 0 Å². The summed E-state index contributed by atoms with van der Waals surface area (Å²) in [7, 11) is 1.45. The molecule has 0 radical (unpaired) electrons. The van der Waals surface area contributed by atoms with Gasteiger partial charge in [-0.05, 0) is 77.0 Å². The number of likely N-dealkylation sites (N-methyl/N-ethyl adjacent to an activating group) is 1. The summed E-state index contributed by atoms with van der Waals surface area (Å²) in [6.07, 6.45) is 73.3. The van der Waals surface area contributed by atoms with Gasteiger partial charge in [0.1, 0.15) is 19.8 Å². The summed E-state index contributed by atoms with van der Waals surface area (Å²) < 4.78 is 34.5. The fraction of sp³-hybridized carbons (Fsp3) is 0.714. The number of nitrogens with zero attached hydrogens (tertiary/aromatic N) is 1. The highest BCUT2D eigenvalue weighted by molar-refractivity contribution is 7.47. The molecule has 0 bridgehead atoms. The van der Waals surface area contributed by atoms with Crippen LogP contribution in [0.4, 0.5) is 0 Å². The summed E-state index contributed by atoms with van der Waals surface area (Å²) >= 11 is 0. The second-order valence-corrected chi connectivity index (χ2v) is 22.1. The number of allylic oxidation sites excluding steroid dienone is 16. The Kier molecular flexibility index (Phi) is 51.5. The molecule has 0 aliphatic rings. The van der Waals surface area contributed by atoms with Crippen molar-refractivity contribution in [2.75, 3.05) is 47.5 Å². The molecule has 420 valence electrons. The van der Waals surface area contributed by atoms with Crippen LogP contribution in [0.3, 0.4) is 0 Å².